The number of rotatable bonds is 5. The fourth-order valence-electron chi connectivity index (χ4n) is 2.93. The van der Waals surface area contributed by atoms with Gasteiger partial charge in [0.1, 0.15) is 5.82 Å². The van der Waals surface area contributed by atoms with Crippen LogP contribution in [0.2, 0.25) is 0 Å². The summed E-state index contributed by atoms with van der Waals surface area (Å²) in [7, 11) is 0. The van der Waals surface area contributed by atoms with E-state index in [4.69, 9.17) is 5.10 Å². The van der Waals surface area contributed by atoms with Crippen molar-refractivity contribution in [3.8, 4) is 0 Å². The molecule has 0 amide bonds. The van der Waals surface area contributed by atoms with Crippen LogP contribution in [0.3, 0.4) is 0 Å². The predicted octanol–water partition coefficient (Wildman–Crippen LogP) is 3.81. The lowest BCUT2D eigenvalue weighted by Crippen LogP contribution is -2.18. The summed E-state index contributed by atoms with van der Waals surface area (Å²) in [4.78, 5) is 0. The van der Waals surface area contributed by atoms with Gasteiger partial charge in [-0.2, -0.15) is 4.52 Å². The number of fused-ring (bicyclic) bond motifs is 1. The van der Waals surface area contributed by atoms with Crippen molar-refractivity contribution >= 4 is 11.5 Å². The van der Waals surface area contributed by atoms with E-state index in [1.165, 1.54) is 18.4 Å². The summed E-state index contributed by atoms with van der Waals surface area (Å²) in [5.41, 5.74) is 2.09. The van der Waals surface area contributed by atoms with Crippen LogP contribution in [0.25, 0.3) is 5.65 Å². The molecule has 1 fully saturated rings. The maximum atomic E-state index is 4.72. The maximum Gasteiger partial charge on any atom is 0.178 e. The van der Waals surface area contributed by atoms with Crippen molar-refractivity contribution in [1.29, 1.82) is 0 Å². The first-order valence-corrected chi connectivity index (χ1v) is 8.26. The third-order valence-corrected chi connectivity index (χ3v) is 4.36. The van der Waals surface area contributed by atoms with Gasteiger partial charge in [0.25, 0.3) is 0 Å². The van der Waals surface area contributed by atoms with Crippen molar-refractivity contribution in [2.24, 2.45) is 5.92 Å². The Morgan fingerprint density at radius 2 is 1.83 bits per heavy atom. The van der Waals surface area contributed by atoms with Gasteiger partial charge >= 0.3 is 0 Å². The third kappa shape index (κ3) is 2.79. The summed E-state index contributed by atoms with van der Waals surface area (Å²) in [5.74, 6) is 2.84. The van der Waals surface area contributed by atoms with Gasteiger partial charge in [0.2, 0.25) is 0 Å². The van der Waals surface area contributed by atoms with Crippen molar-refractivity contribution in [3.63, 3.8) is 0 Å². The molecule has 1 unspecified atom stereocenters. The van der Waals surface area contributed by atoms with E-state index in [1.54, 1.807) is 0 Å². The second-order valence-corrected chi connectivity index (χ2v) is 6.60. The largest absolute Gasteiger partial charge is 0.362 e. The summed E-state index contributed by atoms with van der Waals surface area (Å²) in [6.07, 6.45) is 2.39. The Hall–Kier alpha value is -2.43. The van der Waals surface area contributed by atoms with E-state index >= 15 is 0 Å². The smallest absolute Gasteiger partial charge is 0.178 e. The maximum absolute atomic E-state index is 4.72. The molecule has 1 N–H and O–H groups in total. The Bertz CT molecular complexity index is 805. The minimum Gasteiger partial charge on any atom is -0.362 e. The molecule has 23 heavy (non-hydrogen) atoms. The predicted molar refractivity (Wildman–Crippen MR) is 90.4 cm³/mol. The second kappa shape index (κ2) is 5.65. The van der Waals surface area contributed by atoms with E-state index in [2.05, 4.69) is 53.6 Å². The molecule has 1 aliphatic rings. The van der Waals surface area contributed by atoms with Crippen LogP contribution in [-0.2, 0) is 0 Å². The zero-order valence-electron chi connectivity index (χ0n) is 13.5. The summed E-state index contributed by atoms with van der Waals surface area (Å²) in [5, 5.41) is 16.8. The molecule has 5 heteroatoms. The number of anilines is 1. The van der Waals surface area contributed by atoms with Gasteiger partial charge in [0.05, 0.1) is 6.04 Å². The van der Waals surface area contributed by atoms with E-state index < -0.39 is 0 Å². The molecule has 5 nitrogen and oxygen atoms in total. The monoisotopic (exact) mass is 307 g/mol. The molecule has 0 saturated heterocycles. The van der Waals surface area contributed by atoms with Crippen LogP contribution < -0.4 is 5.32 Å². The number of hydrogen-bond acceptors (Lipinski definition) is 4. The molecule has 1 saturated carbocycles. The standard InChI is InChI=1S/C18H21N5/c1-12(2)17(13-6-4-3-5-7-13)19-15-10-11-16-20-21-18(14-8-9-14)23(16)22-15/h3-7,10-12,14,17H,8-9H2,1-2H3,(H,19,22). The van der Waals surface area contributed by atoms with Crippen LogP contribution in [-0.4, -0.2) is 19.8 Å². The normalized spacial score (nSPS) is 16.0. The van der Waals surface area contributed by atoms with Crippen LogP contribution in [0.5, 0.6) is 0 Å². The number of nitrogens with one attached hydrogen (secondary N) is 1. The van der Waals surface area contributed by atoms with Crippen LogP contribution in [0, 0.1) is 5.92 Å². The van der Waals surface area contributed by atoms with Gasteiger partial charge in [-0.15, -0.1) is 15.3 Å². The molecule has 2 heterocycles. The zero-order chi connectivity index (χ0) is 15.8. The summed E-state index contributed by atoms with van der Waals surface area (Å²) < 4.78 is 1.89. The molecule has 0 bridgehead atoms. The van der Waals surface area contributed by atoms with E-state index in [9.17, 15) is 0 Å². The lowest BCUT2D eigenvalue weighted by atomic mass is 9.96. The van der Waals surface area contributed by atoms with E-state index in [0.29, 0.717) is 11.8 Å². The minimum atomic E-state index is 0.224. The first-order valence-electron chi connectivity index (χ1n) is 8.26. The Morgan fingerprint density at radius 1 is 1.04 bits per heavy atom. The zero-order valence-corrected chi connectivity index (χ0v) is 13.5. The summed E-state index contributed by atoms with van der Waals surface area (Å²) in [6.45, 7) is 4.44. The molecule has 4 rings (SSSR count). The molecule has 0 radical (unpaired) electrons. The van der Waals surface area contributed by atoms with Crippen molar-refractivity contribution < 1.29 is 0 Å². The van der Waals surface area contributed by atoms with Crippen molar-refractivity contribution in [1.82, 2.24) is 19.8 Å². The van der Waals surface area contributed by atoms with Gasteiger partial charge < -0.3 is 5.32 Å². The van der Waals surface area contributed by atoms with Crippen LogP contribution in [0.15, 0.2) is 42.5 Å². The highest BCUT2D eigenvalue weighted by atomic mass is 15.4. The van der Waals surface area contributed by atoms with E-state index in [-0.39, 0.29) is 6.04 Å². The van der Waals surface area contributed by atoms with Crippen LogP contribution in [0.4, 0.5) is 5.82 Å². The first-order chi connectivity index (χ1) is 11.2. The van der Waals surface area contributed by atoms with Gasteiger partial charge in [0, 0.05) is 5.92 Å². The second-order valence-electron chi connectivity index (χ2n) is 6.60. The van der Waals surface area contributed by atoms with E-state index in [1.807, 2.05) is 22.7 Å². The third-order valence-electron chi connectivity index (χ3n) is 4.36. The Balaban J connectivity index is 1.66. The molecule has 1 aromatic carbocycles. The fraction of sp³-hybridized carbons (Fsp3) is 0.389. The number of benzene rings is 1. The van der Waals surface area contributed by atoms with Gasteiger partial charge in [0.15, 0.2) is 11.5 Å². The SMILES string of the molecule is CC(C)C(Nc1ccc2nnc(C3CC3)n2n1)c1ccccc1. The average molecular weight is 307 g/mol. The highest BCUT2D eigenvalue weighted by molar-refractivity contribution is 5.46. The first kappa shape index (κ1) is 14.2. The number of nitrogens with zero attached hydrogens (tertiary/aromatic N) is 4. The van der Waals surface area contributed by atoms with Gasteiger partial charge in [-0.05, 0) is 36.5 Å². The summed E-state index contributed by atoms with van der Waals surface area (Å²) >= 11 is 0. The van der Waals surface area contributed by atoms with Crippen molar-refractivity contribution in [2.75, 3.05) is 5.32 Å². The fourth-order valence-corrected chi connectivity index (χ4v) is 2.93. The Kier molecular flexibility index (Phi) is 3.48. The van der Waals surface area contributed by atoms with E-state index in [0.717, 1.165) is 17.3 Å². The quantitative estimate of drug-likeness (QED) is 0.778. The van der Waals surface area contributed by atoms with Crippen LogP contribution in [0.1, 0.15) is 50.0 Å². The molecule has 3 aromatic rings. The molecular weight excluding hydrogens is 286 g/mol. The van der Waals surface area contributed by atoms with Gasteiger partial charge in [-0.25, -0.2) is 0 Å². The number of hydrogen-bond donors (Lipinski definition) is 1. The van der Waals surface area contributed by atoms with Crippen molar-refractivity contribution in [3.05, 3.63) is 53.9 Å². The average Bonchev–Trinajstić information content (AvgIpc) is 3.33. The minimum absolute atomic E-state index is 0.224. The molecule has 0 spiro atoms. The summed E-state index contributed by atoms with van der Waals surface area (Å²) in [6, 6.07) is 14.7. The molecule has 2 aromatic heterocycles. The molecule has 118 valence electrons. The number of aromatic nitrogens is 4. The van der Waals surface area contributed by atoms with Gasteiger partial charge in [-0.3, -0.25) is 0 Å². The van der Waals surface area contributed by atoms with Crippen molar-refractivity contribution in [2.45, 2.75) is 38.6 Å². The Labute approximate surface area is 135 Å². The lowest BCUT2D eigenvalue weighted by Gasteiger charge is -2.23. The lowest BCUT2D eigenvalue weighted by molar-refractivity contribution is 0.543. The highest BCUT2D eigenvalue weighted by Gasteiger charge is 2.29. The van der Waals surface area contributed by atoms with Gasteiger partial charge in [-0.1, -0.05) is 44.2 Å². The van der Waals surface area contributed by atoms with Crippen LogP contribution >= 0.6 is 0 Å². The topological polar surface area (TPSA) is 55.1 Å². The molecule has 1 atom stereocenters. The molecule has 0 aliphatic heterocycles. The highest BCUT2D eigenvalue weighted by Crippen LogP contribution is 2.38. The molecule has 1 aliphatic carbocycles. The molecular formula is C18H21N5. The Morgan fingerprint density at radius 3 is 2.52 bits per heavy atom.